The molecule has 3 fully saturated rings. The van der Waals surface area contributed by atoms with Crippen molar-refractivity contribution in [1.82, 2.24) is 4.90 Å². The van der Waals surface area contributed by atoms with Crippen molar-refractivity contribution in [1.29, 1.82) is 5.26 Å². The molecule has 5 rings (SSSR count). The van der Waals surface area contributed by atoms with Gasteiger partial charge in [-0.05, 0) is 57.4 Å². The topological polar surface area (TPSA) is 92.0 Å². The highest BCUT2D eigenvalue weighted by Crippen LogP contribution is 2.62. The molecule has 0 N–H and O–H groups in total. The number of carbonyl (C=O) groups excluding carboxylic acids is 2. The van der Waals surface area contributed by atoms with E-state index in [1.54, 1.807) is 0 Å². The Balaban J connectivity index is 1.42. The van der Waals surface area contributed by atoms with Gasteiger partial charge in [-0.15, -0.1) is 0 Å². The van der Waals surface area contributed by atoms with Crippen molar-refractivity contribution in [3.05, 3.63) is 29.8 Å². The molecule has 1 saturated heterocycles. The maximum atomic E-state index is 13.2. The number of nitriles is 1. The number of hydrogen-bond acceptors (Lipinski definition) is 6. The number of benzene rings is 1. The average Bonchev–Trinajstić information content (AvgIpc) is 3.39. The van der Waals surface area contributed by atoms with Gasteiger partial charge in [0.05, 0.1) is 17.5 Å². The summed E-state index contributed by atoms with van der Waals surface area (Å²) in [5, 5.41) is 13.0. The van der Waals surface area contributed by atoms with Gasteiger partial charge in [0.2, 0.25) is 11.8 Å². The maximum Gasteiger partial charge on any atom is 0.234 e. The minimum atomic E-state index is -0.510. The van der Waals surface area contributed by atoms with Crippen molar-refractivity contribution in [3.63, 3.8) is 0 Å². The van der Waals surface area contributed by atoms with Crippen LogP contribution in [0.25, 0.3) is 0 Å². The molecule has 4 aliphatic rings. The lowest BCUT2D eigenvalue weighted by Gasteiger charge is -2.31. The van der Waals surface area contributed by atoms with Gasteiger partial charge in [0.1, 0.15) is 17.9 Å². The molecule has 29 heavy (non-hydrogen) atoms. The highest BCUT2D eigenvalue weighted by molar-refractivity contribution is 6.09. The number of imide groups is 1. The molecule has 1 aromatic rings. The number of fused-ring (bicyclic) bond motifs is 8. The molecule has 0 radical (unpaired) electrons. The van der Waals surface area contributed by atoms with Crippen LogP contribution in [0.4, 0.5) is 0 Å². The summed E-state index contributed by atoms with van der Waals surface area (Å²) in [6.45, 7) is 5.73. The second kappa shape index (κ2) is 6.06. The second-order valence-electron chi connectivity index (χ2n) is 9.34. The van der Waals surface area contributed by atoms with Crippen LogP contribution in [0.15, 0.2) is 29.4 Å². The van der Waals surface area contributed by atoms with Gasteiger partial charge in [0, 0.05) is 22.9 Å². The molecule has 0 unspecified atom stereocenters. The molecule has 7 nitrogen and oxygen atoms in total. The Morgan fingerprint density at radius 3 is 2.41 bits per heavy atom. The summed E-state index contributed by atoms with van der Waals surface area (Å²) in [5.74, 6) is 0.148. The third-order valence-corrected chi connectivity index (χ3v) is 6.81. The lowest BCUT2D eigenvalue weighted by molar-refractivity contribution is -0.146. The molecular formula is C22H23N3O4. The van der Waals surface area contributed by atoms with E-state index in [0.29, 0.717) is 5.75 Å². The molecule has 2 aliphatic carbocycles. The summed E-state index contributed by atoms with van der Waals surface area (Å²) >= 11 is 0. The molecule has 2 saturated carbocycles. The molecule has 2 aliphatic heterocycles. The van der Waals surface area contributed by atoms with E-state index in [2.05, 4.69) is 5.16 Å². The van der Waals surface area contributed by atoms with E-state index in [1.807, 2.05) is 51.1 Å². The predicted octanol–water partition coefficient (Wildman–Crippen LogP) is 2.36. The highest BCUT2D eigenvalue weighted by Gasteiger charge is 2.71. The first kappa shape index (κ1) is 18.2. The van der Waals surface area contributed by atoms with Crippen LogP contribution < -0.4 is 4.74 Å². The van der Waals surface area contributed by atoms with E-state index in [9.17, 15) is 9.59 Å². The lowest BCUT2D eigenvalue weighted by Crippen LogP contribution is -2.46. The Hall–Kier alpha value is -2.88. The third-order valence-electron chi connectivity index (χ3n) is 6.81. The van der Waals surface area contributed by atoms with Crippen molar-refractivity contribution in [2.45, 2.75) is 38.8 Å². The van der Waals surface area contributed by atoms with Gasteiger partial charge in [-0.2, -0.15) is 5.26 Å². The standard InChI is InChI=1S/C22H23N3O4/c1-22(2,3)25-20(26)15-13-10-14(16(15)21(25)27)19-17(13)18(24-29-19)11-4-6-12(7-5-11)28-9-8-23/h4-7,13-17,19H,9-10H2,1-3H3/t13-,14+,15+,16-,17+,19+/m1/s1. The summed E-state index contributed by atoms with van der Waals surface area (Å²) < 4.78 is 5.32. The normalized spacial score (nSPS) is 34.6. The molecule has 0 aromatic heterocycles. The number of nitrogens with zero attached hydrogens (tertiary/aromatic N) is 3. The van der Waals surface area contributed by atoms with Crippen molar-refractivity contribution >= 4 is 17.5 Å². The first-order valence-corrected chi connectivity index (χ1v) is 10.0. The number of oxime groups is 1. The number of likely N-dealkylation sites (tertiary alicyclic amines) is 1. The summed E-state index contributed by atoms with van der Waals surface area (Å²) in [4.78, 5) is 33.6. The fourth-order valence-corrected chi connectivity index (χ4v) is 5.86. The van der Waals surface area contributed by atoms with Crippen LogP contribution in [0.3, 0.4) is 0 Å². The largest absolute Gasteiger partial charge is 0.479 e. The van der Waals surface area contributed by atoms with Crippen molar-refractivity contribution in [2.24, 2.45) is 34.7 Å². The molecule has 1 aromatic carbocycles. The quantitative estimate of drug-likeness (QED) is 0.735. The van der Waals surface area contributed by atoms with Crippen LogP contribution >= 0.6 is 0 Å². The van der Waals surface area contributed by atoms with Crippen LogP contribution in [0.1, 0.15) is 32.8 Å². The van der Waals surface area contributed by atoms with Crippen LogP contribution in [-0.4, -0.2) is 40.7 Å². The highest BCUT2D eigenvalue weighted by atomic mass is 16.6. The maximum absolute atomic E-state index is 13.2. The zero-order chi connectivity index (χ0) is 20.5. The Bertz CT molecular complexity index is 956. The molecule has 2 heterocycles. The summed E-state index contributed by atoms with van der Waals surface area (Å²) in [7, 11) is 0. The van der Waals surface area contributed by atoms with E-state index < -0.39 is 5.54 Å². The van der Waals surface area contributed by atoms with Gasteiger partial charge in [-0.1, -0.05) is 5.16 Å². The smallest absolute Gasteiger partial charge is 0.234 e. The van der Waals surface area contributed by atoms with Crippen LogP contribution in [0.5, 0.6) is 5.75 Å². The summed E-state index contributed by atoms with van der Waals surface area (Å²) in [6, 6.07) is 9.38. The monoisotopic (exact) mass is 393 g/mol. The lowest BCUT2D eigenvalue weighted by atomic mass is 9.71. The molecule has 7 heteroatoms. The molecule has 6 atom stereocenters. The van der Waals surface area contributed by atoms with Crippen LogP contribution in [0.2, 0.25) is 0 Å². The zero-order valence-corrected chi connectivity index (χ0v) is 16.7. The Morgan fingerprint density at radius 1 is 1.14 bits per heavy atom. The summed E-state index contributed by atoms with van der Waals surface area (Å²) in [5.41, 5.74) is 1.27. The molecule has 2 bridgehead atoms. The molecule has 2 amide bonds. The number of ether oxygens (including phenoxy) is 1. The molecular weight excluding hydrogens is 370 g/mol. The SMILES string of the molecule is CC(C)(C)N1C(=O)[C@@H]2[C@@H]3C[C@@H]([C@H]4C(c5ccc(OCC#N)cc5)=NO[C@@H]34)[C@@H]2C1=O. The Kier molecular flexibility index (Phi) is 3.79. The van der Waals surface area contributed by atoms with Crippen molar-refractivity contribution < 1.29 is 19.2 Å². The molecule has 150 valence electrons. The van der Waals surface area contributed by atoms with E-state index in [1.165, 1.54) is 4.90 Å². The fourth-order valence-electron chi connectivity index (χ4n) is 5.86. The Morgan fingerprint density at radius 2 is 1.79 bits per heavy atom. The number of amides is 2. The summed E-state index contributed by atoms with van der Waals surface area (Å²) in [6.07, 6.45) is 0.699. The van der Waals surface area contributed by atoms with Gasteiger partial charge in [-0.25, -0.2) is 0 Å². The predicted molar refractivity (Wildman–Crippen MR) is 103 cm³/mol. The van der Waals surface area contributed by atoms with Crippen molar-refractivity contribution in [2.75, 3.05) is 6.61 Å². The minimum Gasteiger partial charge on any atom is -0.479 e. The van der Waals surface area contributed by atoms with E-state index in [-0.39, 0.29) is 54.1 Å². The Labute approximate surface area is 169 Å². The van der Waals surface area contributed by atoms with Gasteiger partial charge in [-0.3, -0.25) is 14.5 Å². The van der Waals surface area contributed by atoms with Gasteiger partial charge >= 0.3 is 0 Å². The second-order valence-corrected chi connectivity index (χ2v) is 9.34. The van der Waals surface area contributed by atoms with E-state index in [4.69, 9.17) is 14.8 Å². The van der Waals surface area contributed by atoms with Crippen LogP contribution in [-0.2, 0) is 14.4 Å². The van der Waals surface area contributed by atoms with E-state index >= 15 is 0 Å². The third kappa shape index (κ3) is 2.44. The molecule has 0 spiro atoms. The van der Waals surface area contributed by atoms with Gasteiger partial charge in [0.25, 0.3) is 0 Å². The van der Waals surface area contributed by atoms with E-state index in [0.717, 1.165) is 17.7 Å². The number of hydrogen-bond donors (Lipinski definition) is 0. The zero-order valence-electron chi connectivity index (χ0n) is 16.7. The average molecular weight is 393 g/mol. The first-order chi connectivity index (χ1) is 13.8. The van der Waals surface area contributed by atoms with Gasteiger partial charge in [0.15, 0.2) is 6.61 Å². The van der Waals surface area contributed by atoms with Gasteiger partial charge < -0.3 is 9.57 Å². The van der Waals surface area contributed by atoms with Crippen LogP contribution in [0, 0.1) is 40.9 Å². The number of carbonyl (C=O) groups is 2. The minimum absolute atomic E-state index is 0.00133. The van der Waals surface area contributed by atoms with Crippen molar-refractivity contribution in [3.8, 4) is 11.8 Å². The first-order valence-electron chi connectivity index (χ1n) is 10.0. The number of rotatable bonds is 3. The fraction of sp³-hybridized carbons (Fsp3) is 0.545.